The predicted octanol–water partition coefficient (Wildman–Crippen LogP) is 4.68. The summed E-state index contributed by atoms with van der Waals surface area (Å²) in [7, 11) is -3.84. The summed E-state index contributed by atoms with van der Waals surface area (Å²) < 4.78 is 53.1. The Hall–Kier alpha value is -3.79. The summed E-state index contributed by atoms with van der Waals surface area (Å²) in [6.45, 7) is 2.48. The van der Waals surface area contributed by atoms with Gasteiger partial charge in [-0.05, 0) is 36.1 Å². The SMILES string of the molecule is CCCNC(=O)[C@@H](Cc1ccccc1)N(Cc1ccccc1)C(=O)CCCN(c1ccc(F)c(F)c1)S(C)(=O)=O. The minimum absolute atomic E-state index is 0.0316. The van der Waals surface area contributed by atoms with E-state index in [9.17, 15) is 26.8 Å². The van der Waals surface area contributed by atoms with Crippen molar-refractivity contribution in [3.63, 3.8) is 0 Å². The standard InChI is InChI=1S/C30H35F2N3O4S/c1-3-18-33-30(37)28(20-23-11-6-4-7-12-23)34(22-24-13-8-5-9-14-24)29(36)15-10-19-35(40(2,38)39)25-16-17-26(31)27(32)21-25/h4-9,11-14,16-17,21,28H,3,10,15,18-20,22H2,1-2H3,(H,33,37)/t28-/m1/s1. The lowest BCUT2D eigenvalue weighted by molar-refractivity contribution is -0.141. The van der Waals surface area contributed by atoms with E-state index in [1.165, 1.54) is 11.0 Å². The number of amides is 2. The molecule has 0 unspecified atom stereocenters. The van der Waals surface area contributed by atoms with Crippen molar-refractivity contribution >= 4 is 27.5 Å². The molecule has 0 saturated carbocycles. The lowest BCUT2D eigenvalue weighted by Crippen LogP contribution is -2.50. The Morgan fingerprint density at radius 1 is 0.900 bits per heavy atom. The van der Waals surface area contributed by atoms with Crippen LogP contribution in [0.1, 0.15) is 37.3 Å². The van der Waals surface area contributed by atoms with Crippen LogP contribution in [-0.2, 0) is 32.6 Å². The van der Waals surface area contributed by atoms with Gasteiger partial charge in [0.25, 0.3) is 0 Å². The predicted molar refractivity (Wildman–Crippen MR) is 152 cm³/mol. The number of halogens is 2. The average molecular weight is 572 g/mol. The second-order valence-corrected chi connectivity index (χ2v) is 11.4. The van der Waals surface area contributed by atoms with E-state index in [0.29, 0.717) is 13.0 Å². The first kappa shape index (κ1) is 30.7. The van der Waals surface area contributed by atoms with Gasteiger partial charge in [0.05, 0.1) is 11.9 Å². The quantitative estimate of drug-likeness (QED) is 0.305. The molecule has 7 nitrogen and oxygen atoms in total. The van der Waals surface area contributed by atoms with Gasteiger partial charge in [-0.1, -0.05) is 67.6 Å². The van der Waals surface area contributed by atoms with Crippen molar-refractivity contribution in [2.75, 3.05) is 23.7 Å². The van der Waals surface area contributed by atoms with Crippen LogP contribution in [0.5, 0.6) is 0 Å². The smallest absolute Gasteiger partial charge is 0.243 e. The molecule has 0 heterocycles. The van der Waals surface area contributed by atoms with E-state index in [2.05, 4.69) is 5.32 Å². The number of benzene rings is 3. The molecule has 1 N–H and O–H groups in total. The van der Waals surface area contributed by atoms with E-state index in [-0.39, 0.29) is 43.4 Å². The Kier molecular flexibility index (Phi) is 11.2. The highest BCUT2D eigenvalue weighted by atomic mass is 32.2. The molecule has 0 saturated heterocycles. The van der Waals surface area contributed by atoms with Crippen molar-refractivity contribution in [1.82, 2.24) is 10.2 Å². The summed E-state index contributed by atoms with van der Waals surface area (Å²) in [6, 6.07) is 20.8. The van der Waals surface area contributed by atoms with E-state index in [4.69, 9.17) is 0 Å². The normalized spacial score (nSPS) is 12.0. The summed E-state index contributed by atoms with van der Waals surface area (Å²) in [5.74, 6) is -2.85. The highest BCUT2D eigenvalue weighted by Gasteiger charge is 2.30. The summed E-state index contributed by atoms with van der Waals surface area (Å²) in [5, 5.41) is 2.91. The molecule has 0 aliphatic rings. The van der Waals surface area contributed by atoms with Crippen LogP contribution in [0.3, 0.4) is 0 Å². The zero-order chi connectivity index (χ0) is 29.1. The number of rotatable bonds is 14. The maximum Gasteiger partial charge on any atom is 0.243 e. The molecule has 3 aromatic carbocycles. The molecule has 3 rings (SSSR count). The highest BCUT2D eigenvalue weighted by Crippen LogP contribution is 2.22. The van der Waals surface area contributed by atoms with Gasteiger partial charge in [0.2, 0.25) is 21.8 Å². The molecule has 2 amide bonds. The molecular weight excluding hydrogens is 536 g/mol. The molecule has 40 heavy (non-hydrogen) atoms. The fraction of sp³-hybridized carbons (Fsp3) is 0.333. The van der Waals surface area contributed by atoms with Gasteiger partial charge in [0.1, 0.15) is 6.04 Å². The molecule has 0 aliphatic heterocycles. The van der Waals surface area contributed by atoms with Gasteiger partial charge in [-0.3, -0.25) is 13.9 Å². The number of nitrogens with one attached hydrogen (secondary N) is 1. The number of carbonyl (C=O) groups is 2. The summed E-state index contributed by atoms with van der Waals surface area (Å²) in [5.41, 5.74) is 1.71. The van der Waals surface area contributed by atoms with Crippen LogP contribution in [0.15, 0.2) is 78.9 Å². The summed E-state index contributed by atoms with van der Waals surface area (Å²) in [4.78, 5) is 28.6. The Bertz CT molecular complexity index is 1370. The number of hydrogen-bond donors (Lipinski definition) is 1. The van der Waals surface area contributed by atoms with Gasteiger partial charge in [0.15, 0.2) is 11.6 Å². The third-order valence-electron chi connectivity index (χ3n) is 6.36. The van der Waals surface area contributed by atoms with Crippen molar-refractivity contribution in [3.05, 3.63) is 102 Å². The number of nitrogens with zero attached hydrogens (tertiary/aromatic N) is 2. The average Bonchev–Trinajstić information content (AvgIpc) is 2.93. The molecule has 0 aliphatic carbocycles. The zero-order valence-electron chi connectivity index (χ0n) is 22.7. The molecule has 0 spiro atoms. The molecule has 3 aromatic rings. The van der Waals surface area contributed by atoms with Gasteiger partial charge < -0.3 is 10.2 Å². The number of carbonyl (C=O) groups excluding carboxylic acids is 2. The van der Waals surface area contributed by atoms with Crippen molar-refractivity contribution in [3.8, 4) is 0 Å². The maximum atomic E-state index is 13.8. The van der Waals surface area contributed by atoms with Crippen LogP contribution in [-0.4, -0.2) is 50.5 Å². The van der Waals surface area contributed by atoms with Crippen molar-refractivity contribution in [2.45, 2.75) is 45.2 Å². The molecule has 214 valence electrons. The zero-order valence-corrected chi connectivity index (χ0v) is 23.5. The Labute approximate surface area is 234 Å². The third-order valence-corrected chi connectivity index (χ3v) is 7.55. The van der Waals surface area contributed by atoms with Gasteiger partial charge in [-0.15, -0.1) is 0 Å². The molecule has 0 aromatic heterocycles. The van der Waals surface area contributed by atoms with E-state index in [1.807, 2.05) is 67.6 Å². The third kappa shape index (κ3) is 8.87. The second kappa shape index (κ2) is 14.6. The number of anilines is 1. The van der Waals surface area contributed by atoms with Crippen LogP contribution >= 0.6 is 0 Å². The van der Waals surface area contributed by atoms with E-state index in [1.54, 1.807) is 0 Å². The van der Waals surface area contributed by atoms with Crippen LogP contribution in [0.25, 0.3) is 0 Å². The minimum Gasteiger partial charge on any atom is -0.354 e. The lowest BCUT2D eigenvalue weighted by atomic mass is 10.0. The minimum atomic E-state index is -3.84. The lowest BCUT2D eigenvalue weighted by Gasteiger charge is -2.32. The van der Waals surface area contributed by atoms with Gasteiger partial charge in [0, 0.05) is 38.5 Å². The Morgan fingerprint density at radius 2 is 1.52 bits per heavy atom. The van der Waals surface area contributed by atoms with Crippen LogP contribution in [0, 0.1) is 11.6 Å². The molecule has 10 heteroatoms. The summed E-state index contributed by atoms with van der Waals surface area (Å²) in [6.07, 6.45) is 2.05. The molecule has 0 radical (unpaired) electrons. The Morgan fingerprint density at radius 3 is 2.10 bits per heavy atom. The van der Waals surface area contributed by atoms with Gasteiger partial charge >= 0.3 is 0 Å². The Balaban J connectivity index is 1.85. The number of hydrogen-bond acceptors (Lipinski definition) is 4. The topological polar surface area (TPSA) is 86.8 Å². The fourth-order valence-electron chi connectivity index (χ4n) is 4.34. The van der Waals surface area contributed by atoms with Crippen LogP contribution in [0.2, 0.25) is 0 Å². The first-order valence-corrected chi connectivity index (χ1v) is 15.0. The van der Waals surface area contributed by atoms with Crippen molar-refractivity contribution < 1.29 is 26.8 Å². The van der Waals surface area contributed by atoms with E-state index in [0.717, 1.165) is 40.2 Å². The summed E-state index contributed by atoms with van der Waals surface area (Å²) >= 11 is 0. The van der Waals surface area contributed by atoms with Crippen molar-refractivity contribution in [2.24, 2.45) is 0 Å². The molecule has 0 bridgehead atoms. The molecule has 1 atom stereocenters. The highest BCUT2D eigenvalue weighted by molar-refractivity contribution is 7.92. The fourth-order valence-corrected chi connectivity index (χ4v) is 5.30. The maximum absolute atomic E-state index is 13.8. The number of sulfonamides is 1. The van der Waals surface area contributed by atoms with Crippen LogP contribution in [0.4, 0.5) is 14.5 Å². The first-order chi connectivity index (χ1) is 19.1. The molecule has 0 fully saturated rings. The first-order valence-electron chi connectivity index (χ1n) is 13.2. The second-order valence-electron chi connectivity index (χ2n) is 9.54. The van der Waals surface area contributed by atoms with Crippen LogP contribution < -0.4 is 9.62 Å². The monoisotopic (exact) mass is 571 g/mol. The van der Waals surface area contributed by atoms with E-state index < -0.39 is 27.7 Å². The van der Waals surface area contributed by atoms with Gasteiger partial charge in [-0.25, -0.2) is 17.2 Å². The largest absolute Gasteiger partial charge is 0.354 e. The van der Waals surface area contributed by atoms with Crippen molar-refractivity contribution in [1.29, 1.82) is 0 Å². The van der Waals surface area contributed by atoms with Gasteiger partial charge in [-0.2, -0.15) is 0 Å². The van der Waals surface area contributed by atoms with E-state index >= 15 is 0 Å². The molecular formula is C30H35F2N3O4S.